The molecule has 1 fully saturated rings. The molecule has 1 aromatic carbocycles. The topological polar surface area (TPSA) is 102 Å². The average molecular weight is 382 g/mol. The Morgan fingerprint density at radius 3 is 2.71 bits per heavy atom. The SMILES string of the molecule is CC1(C)COC(=O)N[C@@H]1c1cc(Br)cc([N+](=O)[O-])c1O.Cl. The molecule has 21 heavy (non-hydrogen) atoms. The van der Waals surface area contributed by atoms with Gasteiger partial charge in [0.25, 0.3) is 0 Å². The number of rotatable bonds is 2. The second kappa shape index (κ2) is 6.07. The van der Waals surface area contributed by atoms with Crippen LogP contribution >= 0.6 is 28.3 Å². The molecule has 1 amide bonds. The summed E-state index contributed by atoms with van der Waals surface area (Å²) in [6, 6.07) is 2.19. The van der Waals surface area contributed by atoms with Crippen molar-refractivity contribution >= 4 is 40.1 Å². The molecular formula is C12H14BrClN2O5. The number of halogens is 2. The van der Waals surface area contributed by atoms with E-state index < -0.39 is 33.9 Å². The highest BCUT2D eigenvalue weighted by Crippen LogP contribution is 2.44. The molecule has 0 unspecified atom stereocenters. The summed E-state index contributed by atoms with van der Waals surface area (Å²) < 4.78 is 5.37. The predicted molar refractivity (Wildman–Crippen MR) is 80.7 cm³/mol. The van der Waals surface area contributed by atoms with E-state index in [2.05, 4.69) is 21.2 Å². The molecule has 1 aliphatic rings. The van der Waals surface area contributed by atoms with E-state index in [0.29, 0.717) is 4.47 Å². The van der Waals surface area contributed by atoms with Gasteiger partial charge >= 0.3 is 11.8 Å². The van der Waals surface area contributed by atoms with Gasteiger partial charge in [0.1, 0.15) is 6.61 Å². The number of benzene rings is 1. The highest BCUT2D eigenvalue weighted by atomic mass is 79.9. The molecule has 1 aromatic rings. The standard InChI is InChI=1S/C12H13BrN2O5.ClH/c1-12(2)5-20-11(17)14-10(12)7-3-6(13)4-8(9(7)16)15(18)19;/h3-4,10,16H,5H2,1-2H3,(H,14,17);1H/t10-;/m1./s1. The number of carbonyl (C=O) groups is 1. The molecule has 116 valence electrons. The number of phenols is 1. The van der Waals surface area contributed by atoms with Crippen molar-refractivity contribution in [2.75, 3.05) is 6.61 Å². The van der Waals surface area contributed by atoms with E-state index in [1.54, 1.807) is 6.07 Å². The van der Waals surface area contributed by atoms with Crippen LogP contribution in [-0.2, 0) is 4.74 Å². The molecule has 7 nitrogen and oxygen atoms in total. The number of hydrogen-bond acceptors (Lipinski definition) is 5. The number of cyclic esters (lactones) is 1. The number of nitro benzene ring substituents is 1. The third-order valence-electron chi connectivity index (χ3n) is 3.21. The number of ether oxygens (including phenoxy) is 1. The van der Waals surface area contributed by atoms with Gasteiger partial charge in [-0.3, -0.25) is 10.1 Å². The maximum Gasteiger partial charge on any atom is 0.407 e. The minimum atomic E-state index is -0.669. The quantitative estimate of drug-likeness (QED) is 0.604. The number of aromatic hydroxyl groups is 1. The monoisotopic (exact) mass is 380 g/mol. The van der Waals surface area contributed by atoms with E-state index in [1.165, 1.54) is 6.07 Å². The van der Waals surface area contributed by atoms with Gasteiger partial charge < -0.3 is 15.2 Å². The molecule has 1 atom stereocenters. The Balaban J connectivity index is 0.00000220. The summed E-state index contributed by atoms with van der Waals surface area (Å²) in [6.07, 6.45) is -0.614. The summed E-state index contributed by atoms with van der Waals surface area (Å²) in [5, 5.41) is 23.6. The summed E-state index contributed by atoms with van der Waals surface area (Å²) in [5.41, 5.74) is -0.640. The molecule has 0 aliphatic carbocycles. The molecule has 2 rings (SSSR count). The van der Waals surface area contributed by atoms with Crippen molar-refractivity contribution in [1.82, 2.24) is 5.32 Å². The van der Waals surface area contributed by atoms with Gasteiger partial charge in [0.2, 0.25) is 0 Å². The molecule has 2 N–H and O–H groups in total. The first-order chi connectivity index (χ1) is 9.22. The summed E-state index contributed by atoms with van der Waals surface area (Å²) in [4.78, 5) is 21.7. The number of hydrogen-bond donors (Lipinski definition) is 2. The summed E-state index contributed by atoms with van der Waals surface area (Å²) in [5.74, 6) is -0.446. The van der Waals surface area contributed by atoms with E-state index in [0.717, 1.165) is 0 Å². The van der Waals surface area contributed by atoms with Gasteiger partial charge in [0.05, 0.1) is 11.0 Å². The van der Waals surface area contributed by atoms with Crippen LogP contribution in [0.1, 0.15) is 25.5 Å². The number of phenolic OH excluding ortho intramolecular Hbond substituents is 1. The Hall–Kier alpha value is -1.54. The van der Waals surface area contributed by atoms with Crippen LogP contribution < -0.4 is 5.32 Å². The normalized spacial score (nSPS) is 20.0. The van der Waals surface area contributed by atoms with Gasteiger partial charge in [0.15, 0.2) is 5.75 Å². The van der Waals surface area contributed by atoms with Crippen molar-refractivity contribution in [3.8, 4) is 5.75 Å². The van der Waals surface area contributed by atoms with E-state index >= 15 is 0 Å². The van der Waals surface area contributed by atoms with Crippen molar-refractivity contribution < 1.29 is 19.6 Å². The van der Waals surface area contributed by atoms with Crippen LogP contribution in [0, 0.1) is 15.5 Å². The highest BCUT2D eigenvalue weighted by Gasteiger charge is 2.40. The van der Waals surface area contributed by atoms with Crippen molar-refractivity contribution in [3.63, 3.8) is 0 Å². The van der Waals surface area contributed by atoms with Gasteiger partial charge in [-0.1, -0.05) is 29.8 Å². The molecule has 0 spiro atoms. The number of nitrogens with zero attached hydrogens (tertiary/aromatic N) is 1. The smallest absolute Gasteiger partial charge is 0.407 e. The first-order valence-corrected chi connectivity index (χ1v) is 6.62. The minimum absolute atomic E-state index is 0. The second-order valence-corrected chi connectivity index (χ2v) is 6.18. The lowest BCUT2D eigenvalue weighted by molar-refractivity contribution is -0.386. The lowest BCUT2D eigenvalue weighted by atomic mass is 9.80. The van der Waals surface area contributed by atoms with Crippen LogP contribution in [0.5, 0.6) is 5.75 Å². The third-order valence-corrected chi connectivity index (χ3v) is 3.67. The van der Waals surface area contributed by atoms with Gasteiger partial charge in [-0.25, -0.2) is 4.79 Å². The number of alkyl carbamates (subject to hydrolysis) is 1. The maximum absolute atomic E-state index is 11.4. The predicted octanol–water partition coefficient (Wildman–Crippen LogP) is 3.29. The van der Waals surface area contributed by atoms with Gasteiger partial charge in [-0.2, -0.15) is 0 Å². The molecule has 1 aliphatic heterocycles. The summed E-state index contributed by atoms with van der Waals surface area (Å²) in [7, 11) is 0. The van der Waals surface area contributed by atoms with Crippen LogP contribution in [0.4, 0.5) is 10.5 Å². The first-order valence-electron chi connectivity index (χ1n) is 5.82. The fraction of sp³-hybridized carbons (Fsp3) is 0.417. The van der Waals surface area contributed by atoms with Crippen LogP contribution in [0.25, 0.3) is 0 Å². The molecule has 0 aromatic heterocycles. The number of amides is 1. The lowest BCUT2D eigenvalue weighted by Crippen LogP contribution is -2.46. The van der Waals surface area contributed by atoms with Gasteiger partial charge in [-0.05, 0) is 6.07 Å². The summed E-state index contributed by atoms with van der Waals surface area (Å²) in [6.45, 7) is 3.83. The Kier molecular flexibility index (Phi) is 5.06. The molecule has 1 saturated heterocycles. The van der Waals surface area contributed by atoms with E-state index in [1.807, 2.05) is 13.8 Å². The minimum Gasteiger partial charge on any atom is -0.502 e. The van der Waals surface area contributed by atoms with Crippen LogP contribution in [-0.4, -0.2) is 22.7 Å². The fourth-order valence-corrected chi connectivity index (χ4v) is 2.62. The van der Waals surface area contributed by atoms with Crippen molar-refractivity contribution in [2.24, 2.45) is 5.41 Å². The number of nitro groups is 1. The zero-order valence-corrected chi connectivity index (χ0v) is 13.7. The Bertz CT molecular complexity index is 593. The van der Waals surface area contributed by atoms with E-state index in [4.69, 9.17) is 4.74 Å². The van der Waals surface area contributed by atoms with Crippen molar-refractivity contribution in [3.05, 3.63) is 32.3 Å². The van der Waals surface area contributed by atoms with Gasteiger partial charge in [-0.15, -0.1) is 12.4 Å². The largest absolute Gasteiger partial charge is 0.502 e. The third kappa shape index (κ3) is 3.38. The van der Waals surface area contributed by atoms with E-state index in [9.17, 15) is 20.0 Å². The number of nitrogens with one attached hydrogen (secondary N) is 1. The molecule has 1 heterocycles. The van der Waals surface area contributed by atoms with Crippen LogP contribution in [0.3, 0.4) is 0 Å². The second-order valence-electron chi connectivity index (χ2n) is 5.26. The zero-order valence-electron chi connectivity index (χ0n) is 11.3. The first kappa shape index (κ1) is 17.5. The van der Waals surface area contributed by atoms with Crippen LogP contribution in [0.15, 0.2) is 16.6 Å². The Labute approximate surface area is 135 Å². The fourth-order valence-electron chi connectivity index (χ4n) is 2.15. The summed E-state index contributed by atoms with van der Waals surface area (Å²) >= 11 is 3.18. The molecule has 0 saturated carbocycles. The molecular weight excluding hydrogens is 367 g/mol. The lowest BCUT2D eigenvalue weighted by Gasteiger charge is -2.38. The molecule has 0 radical (unpaired) electrons. The Morgan fingerprint density at radius 1 is 1.52 bits per heavy atom. The Morgan fingerprint density at radius 2 is 2.14 bits per heavy atom. The highest BCUT2D eigenvalue weighted by molar-refractivity contribution is 9.10. The molecule has 9 heteroatoms. The number of carbonyl (C=O) groups excluding carboxylic acids is 1. The van der Waals surface area contributed by atoms with Crippen molar-refractivity contribution in [2.45, 2.75) is 19.9 Å². The average Bonchev–Trinajstić information content (AvgIpc) is 2.34. The van der Waals surface area contributed by atoms with Crippen molar-refractivity contribution in [1.29, 1.82) is 0 Å². The van der Waals surface area contributed by atoms with Crippen LogP contribution in [0.2, 0.25) is 0 Å². The van der Waals surface area contributed by atoms with E-state index in [-0.39, 0.29) is 24.6 Å². The molecule has 0 bridgehead atoms. The van der Waals surface area contributed by atoms with Gasteiger partial charge in [0, 0.05) is 21.5 Å². The maximum atomic E-state index is 11.4. The zero-order chi connectivity index (χ0) is 15.1.